The third-order valence-electron chi connectivity index (χ3n) is 7.42. The van der Waals surface area contributed by atoms with E-state index in [0.29, 0.717) is 0 Å². The van der Waals surface area contributed by atoms with Crippen LogP contribution in [0.5, 0.6) is 0 Å². The van der Waals surface area contributed by atoms with E-state index in [9.17, 15) is 20.4 Å². The summed E-state index contributed by atoms with van der Waals surface area (Å²) < 4.78 is 0. The lowest BCUT2D eigenvalue weighted by Crippen LogP contribution is -2.58. The Hall–Kier alpha value is 0.0800. The van der Waals surface area contributed by atoms with E-state index in [1.807, 2.05) is 0 Å². The summed E-state index contributed by atoms with van der Waals surface area (Å²) in [6, 6.07) is 0. The number of halogens is 8. The highest BCUT2D eigenvalue weighted by atomic mass is 35.5. The third kappa shape index (κ3) is 7.01. The second-order valence-electron chi connectivity index (χ2n) is 10.5. The van der Waals surface area contributed by atoms with E-state index in [2.05, 4.69) is 0 Å². The Morgan fingerprint density at radius 3 is 0.846 bits per heavy atom. The van der Waals surface area contributed by atoms with Crippen LogP contribution in [-0.4, -0.2) is 42.8 Å². The molecule has 0 spiro atoms. The molecular weight excluding hydrogens is 672 g/mol. The molecule has 0 heterocycles. The highest BCUT2D eigenvalue weighted by Gasteiger charge is 2.57. The van der Waals surface area contributed by atoms with Crippen LogP contribution < -0.4 is 0 Å². The zero-order valence-electron chi connectivity index (χ0n) is 20.1. The van der Waals surface area contributed by atoms with Crippen molar-refractivity contribution in [2.24, 2.45) is 11.8 Å². The monoisotopic (exact) mass is 692 g/mol. The van der Waals surface area contributed by atoms with Gasteiger partial charge >= 0.3 is 0 Å². The maximum atomic E-state index is 12.1. The fourth-order valence-corrected chi connectivity index (χ4v) is 8.86. The second kappa shape index (κ2) is 11.6. The van der Waals surface area contributed by atoms with Gasteiger partial charge in [-0.05, 0) is 55.0 Å². The Morgan fingerprint density at radius 2 is 0.667 bits per heavy atom. The van der Waals surface area contributed by atoms with Crippen molar-refractivity contribution < 1.29 is 20.4 Å². The Morgan fingerprint density at radius 1 is 0.462 bits per heavy atom. The van der Waals surface area contributed by atoms with Gasteiger partial charge in [-0.15, -0.1) is 0 Å². The lowest BCUT2D eigenvalue weighted by Gasteiger charge is -2.51. The van der Waals surface area contributed by atoms with Gasteiger partial charge in [0.15, 0.2) is 0 Å². The van der Waals surface area contributed by atoms with Gasteiger partial charge in [0.1, 0.15) is 0 Å². The molecule has 0 saturated carbocycles. The minimum atomic E-state index is -1.87. The quantitative estimate of drug-likeness (QED) is 0.226. The molecule has 4 nitrogen and oxygen atoms in total. The number of rotatable bonds is 6. The standard InChI is InChI=1S/C27H24Cl8O4/c28-14-1-15(29)7-24(36,6-14)22(25(37)8-16(30)2-17(31)9-25)5-23(26(38)10-18(32)3-19(33)11-26)27(39)12-20(34)4-21(35)13-27/h1-4,6,8,10,12,22-23,36-39H,5,7,9,11,13H2. The summed E-state index contributed by atoms with van der Waals surface area (Å²) in [4.78, 5) is 0. The summed E-state index contributed by atoms with van der Waals surface area (Å²) in [5.74, 6) is -2.38. The summed E-state index contributed by atoms with van der Waals surface area (Å²) >= 11 is 50.7. The first-order valence-electron chi connectivity index (χ1n) is 11.8. The molecule has 0 bridgehead atoms. The van der Waals surface area contributed by atoms with Crippen LogP contribution in [0.4, 0.5) is 0 Å². The predicted molar refractivity (Wildman–Crippen MR) is 161 cm³/mol. The molecule has 4 aliphatic carbocycles. The van der Waals surface area contributed by atoms with Crippen LogP contribution in [0.1, 0.15) is 32.1 Å². The number of hydrogen-bond donors (Lipinski definition) is 4. The van der Waals surface area contributed by atoms with E-state index in [1.54, 1.807) is 0 Å². The molecule has 39 heavy (non-hydrogen) atoms. The van der Waals surface area contributed by atoms with E-state index in [1.165, 1.54) is 48.6 Å². The smallest absolute Gasteiger partial charge is 0.0952 e. The third-order valence-corrected chi connectivity index (χ3v) is 9.27. The minimum absolute atomic E-state index is 0.122. The largest absolute Gasteiger partial charge is 0.385 e. The number of allylic oxidation sites excluding steroid dienone is 8. The molecule has 0 aromatic carbocycles. The Bertz CT molecular complexity index is 1120. The summed E-state index contributed by atoms with van der Waals surface area (Å²) in [7, 11) is 0. The molecular formula is C27H24Cl8O4. The van der Waals surface area contributed by atoms with Crippen molar-refractivity contribution in [2.75, 3.05) is 0 Å². The van der Waals surface area contributed by atoms with Crippen LogP contribution >= 0.6 is 92.8 Å². The summed E-state index contributed by atoms with van der Waals surface area (Å²) in [5, 5.41) is 49.8. The van der Waals surface area contributed by atoms with Gasteiger partial charge in [0.2, 0.25) is 0 Å². The van der Waals surface area contributed by atoms with E-state index in [-0.39, 0.29) is 72.4 Å². The molecule has 0 aromatic rings. The number of aliphatic hydroxyl groups is 4. The van der Waals surface area contributed by atoms with Crippen molar-refractivity contribution in [3.05, 3.63) is 88.9 Å². The van der Waals surface area contributed by atoms with Gasteiger partial charge in [-0.25, -0.2) is 0 Å². The second-order valence-corrected chi connectivity index (χ2v) is 14.2. The maximum Gasteiger partial charge on any atom is 0.0952 e. The molecule has 212 valence electrons. The zero-order chi connectivity index (χ0) is 29.0. The first-order chi connectivity index (χ1) is 18.0. The van der Waals surface area contributed by atoms with Crippen LogP contribution in [0.3, 0.4) is 0 Å². The first kappa shape index (κ1) is 32.0. The van der Waals surface area contributed by atoms with Gasteiger partial charge in [0, 0.05) is 77.8 Å². The van der Waals surface area contributed by atoms with Crippen LogP contribution in [-0.2, 0) is 0 Å². The van der Waals surface area contributed by atoms with Crippen LogP contribution in [0.2, 0.25) is 0 Å². The van der Waals surface area contributed by atoms with Crippen molar-refractivity contribution >= 4 is 92.8 Å². The summed E-state index contributed by atoms with van der Waals surface area (Å²) in [6.07, 6.45) is 10.7. The average molecular weight is 696 g/mol. The highest BCUT2D eigenvalue weighted by Crippen LogP contribution is 2.54. The van der Waals surface area contributed by atoms with Crippen molar-refractivity contribution in [1.29, 1.82) is 0 Å². The zero-order valence-corrected chi connectivity index (χ0v) is 26.2. The van der Waals surface area contributed by atoms with Crippen LogP contribution in [0.25, 0.3) is 0 Å². The molecule has 12 heteroatoms. The Balaban J connectivity index is 1.91. The lowest BCUT2D eigenvalue weighted by molar-refractivity contribution is -0.132. The Kier molecular flexibility index (Phi) is 9.55. The predicted octanol–water partition coefficient (Wildman–Crippen LogP) is 8.13. The van der Waals surface area contributed by atoms with Gasteiger partial charge in [0.05, 0.1) is 22.4 Å². The first-order valence-corrected chi connectivity index (χ1v) is 14.8. The molecule has 4 aliphatic rings. The molecule has 0 amide bonds. The van der Waals surface area contributed by atoms with Crippen LogP contribution in [0, 0.1) is 11.8 Å². The summed E-state index contributed by atoms with van der Waals surface area (Å²) in [6.45, 7) is 0. The summed E-state index contributed by atoms with van der Waals surface area (Å²) in [5.41, 5.74) is -7.47. The van der Waals surface area contributed by atoms with E-state index < -0.39 is 34.2 Å². The van der Waals surface area contributed by atoms with E-state index >= 15 is 0 Å². The number of hydrogen-bond acceptors (Lipinski definition) is 4. The van der Waals surface area contributed by atoms with Crippen molar-refractivity contribution in [3.63, 3.8) is 0 Å². The molecule has 0 aliphatic heterocycles. The SMILES string of the molecule is OC1(C(CC(C2(O)C=C(Cl)C=C(Cl)C2)C2(O)C=C(Cl)C=C(Cl)C2)C2(O)C=C(Cl)C=C(Cl)C2)C=C(Cl)C=C(Cl)C1. The van der Waals surface area contributed by atoms with Gasteiger partial charge < -0.3 is 20.4 Å². The average Bonchev–Trinajstić information content (AvgIpc) is 2.68. The molecule has 0 radical (unpaired) electrons. The molecule has 4 N–H and O–H groups in total. The lowest BCUT2D eigenvalue weighted by atomic mass is 9.60. The van der Waals surface area contributed by atoms with E-state index in [0.717, 1.165) is 0 Å². The van der Waals surface area contributed by atoms with Gasteiger partial charge in [0.25, 0.3) is 0 Å². The topological polar surface area (TPSA) is 80.9 Å². The fourth-order valence-electron chi connectivity index (χ4n) is 6.02. The molecule has 0 saturated heterocycles. The fraction of sp³-hybridized carbons (Fsp3) is 0.407. The normalized spacial score (nSPS) is 36.8. The van der Waals surface area contributed by atoms with Crippen molar-refractivity contribution in [1.82, 2.24) is 0 Å². The van der Waals surface area contributed by atoms with Gasteiger partial charge in [-0.2, -0.15) is 0 Å². The van der Waals surface area contributed by atoms with E-state index in [4.69, 9.17) is 92.8 Å². The minimum Gasteiger partial charge on any atom is -0.385 e. The maximum absolute atomic E-state index is 12.1. The van der Waals surface area contributed by atoms with Crippen LogP contribution in [0.15, 0.2) is 88.9 Å². The highest BCUT2D eigenvalue weighted by molar-refractivity contribution is 6.36. The van der Waals surface area contributed by atoms with Gasteiger partial charge in [-0.1, -0.05) is 92.8 Å². The molecule has 4 rings (SSSR count). The molecule has 0 aromatic heterocycles. The molecule has 0 fully saturated rings. The van der Waals surface area contributed by atoms with Crippen molar-refractivity contribution in [2.45, 2.75) is 54.5 Å². The Labute approximate surface area is 266 Å². The molecule has 4 unspecified atom stereocenters. The van der Waals surface area contributed by atoms with Gasteiger partial charge in [-0.3, -0.25) is 0 Å². The van der Waals surface area contributed by atoms with Crippen molar-refractivity contribution in [3.8, 4) is 0 Å². The molecule has 4 atom stereocenters.